The van der Waals surface area contributed by atoms with Crippen LogP contribution in [0.15, 0.2) is 28.9 Å². The summed E-state index contributed by atoms with van der Waals surface area (Å²) in [6.07, 6.45) is 2.51. The first-order valence-corrected chi connectivity index (χ1v) is 6.55. The van der Waals surface area contributed by atoms with Gasteiger partial charge in [-0.15, -0.1) is 5.10 Å². The fourth-order valence-electron chi connectivity index (χ4n) is 1.29. The summed E-state index contributed by atoms with van der Waals surface area (Å²) in [5.74, 6) is -0.329. The van der Waals surface area contributed by atoms with E-state index in [1.165, 1.54) is 10.7 Å². The van der Waals surface area contributed by atoms with E-state index in [1.54, 1.807) is 18.3 Å². The molecule has 0 aliphatic heterocycles. The highest BCUT2D eigenvalue weighted by atomic mass is 79.9. The third kappa shape index (κ3) is 2.49. The molecule has 0 bridgehead atoms. The number of aromatic nitrogens is 3. The van der Waals surface area contributed by atoms with Gasteiger partial charge in [-0.2, -0.15) is 0 Å². The van der Waals surface area contributed by atoms with Crippen molar-refractivity contribution in [3.05, 3.63) is 40.4 Å². The first-order valence-electron chi connectivity index (χ1n) is 4.63. The maximum atomic E-state index is 13.6. The Bertz CT molecular complexity index is 499. The van der Waals surface area contributed by atoms with E-state index >= 15 is 0 Å². The molecule has 0 radical (unpaired) electrons. The Hall–Kier alpha value is -0.750. The molecule has 1 aromatic heterocycles. The lowest BCUT2D eigenvalue weighted by Crippen LogP contribution is -1.98. The molecule has 6 heteroatoms. The maximum absolute atomic E-state index is 13.6. The molecule has 1 heterocycles. The van der Waals surface area contributed by atoms with Crippen molar-refractivity contribution in [1.29, 1.82) is 0 Å². The lowest BCUT2D eigenvalue weighted by Gasteiger charge is -2.01. The lowest BCUT2D eigenvalue weighted by atomic mass is 10.3. The number of hydrogen-bond acceptors (Lipinski definition) is 2. The van der Waals surface area contributed by atoms with Gasteiger partial charge in [-0.3, -0.25) is 0 Å². The molecule has 16 heavy (non-hydrogen) atoms. The van der Waals surface area contributed by atoms with Crippen LogP contribution in [0.5, 0.6) is 0 Å². The van der Waals surface area contributed by atoms with Crippen molar-refractivity contribution in [3.8, 4) is 5.69 Å². The van der Waals surface area contributed by atoms with E-state index in [9.17, 15) is 4.39 Å². The van der Waals surface area contributed by atoms with E-state index in [-0.39, 0.29) is 5.82 Å². The highest BCUT2D eigenvalue weighted by molar-refractivity contribution is 9.10. The molecule has 0 unspecified atom stereocenters. The zero-order valence-electron chi connectivity index (χ0n) is 8.20. The van der Waals surface area contributed by atoms with Crippen molar-refractivity contribution >= 4 is 31.9 Å². The highest BCUT2D eigenvalue weighted by Gasteiger charge is 2.07. The van der Waals surface area contributed by atoms with Crippen LogP contribution in [-0.2, 0) is 6.42 Å². The molecule has 84 valence electrons. The molecule has 2 aromatic rings. The largest absolute Gasteiger partial charge is 0.217 e. The molecule has 0 spiro atoms. The average molecular weight is 349 g/mol. The summed E-state index contributed by atoms with van der Waals surface area (Å²) in [5, 5.41) is 8.65. The van der Waals surface area contributed by atoms with Gasteiger partial charge in [-0.25, -0.2) is 9.07 Å². The molecule has 0 aliphatic carbocycles. The Morgan fingerprint density at radius 2 is 2.19 bits per heavy atom. The zero-order valence-corrected chi connectivity index (χ0v) is 11.4. The topological polar surface area (TPSA) is 30.7 Å². The zero-order chi connectivity index (χ0) is 11.5. The second kappa shape index (κ2) is 5.05. The maximum Gasteiger partial charge on any atom is 0.150 e. The van der Waals surface area contributed by atoms with E-state index in [2.05, 4.69) is 42.2 Å². The van der Waals surface area contributed by atoms with Crippen LogP contribution in [0.1, 0.15) is 5.69 Å². The molecule has 2 rings (SSSR count). The quantitative estimate of drug-likeness (QED) is 0.798. The fraction of sp³-hybridized carbons (Fsp3) is 0.200. The second-order valence-corrected chi connectivity index (χ2v) is 4.90. The molecular weight excluding hydrogens is 341 g/mol. The smallest absolute Gasteiger partial charge is 0.150 e. The molecule has 0 saturated carbocycles. The van der Waals surface area contributed by atoms with Crippen molar-refractivity contribution in [1.82, 2.24) is 15.0 Å². The van der Waals surface area contributed by atoms with Crippen LogP contribution in [0, 0.1) is 5.82 Å². The van der Waals surface area contributed by atoms with Gasteiger partial charge in [-0.1, -0.05) is 37.1 Å². The third-order valence-corrected chi connectivity index (χ3v) is 2.94. The standard InChI is InChI=1S/C10H8Br2FN3/c11-4-3-8-6-16(15-14-8)10-2-1-7(12)5-9(10)13/h1-2,5-6H,3-4H2. The summed E-state index contributed by atoms with van der Waals surface area (Å²) >= 11 is 6.53. The Labute approximate surface area is 109 Å². The summed E-state index contributed by atoms with van der Waals surface area (Å²) in [4.78, 5) is 0. The third-order valence-electron chi connectivity index (χ3n) is 2.05. The minimum atomic E-state index is -0.329. The van der Waals surface area contributed by atoms with Gasteiger partial charge in [-0.05, 0) is 18.2 Å². The van der Waals surface area contributed by atoms with E-state index in [0.29, 0.717) is 10.2 Å². The van der Waals surface area contributed by atoms with E-state index < -0.39 is 0 Å². The summed E-state index contributed by atoms with van der Waals surface area (Å²) in [6.45, 7) is 0. The Kier molecular flexibility index (Phi) is 3.70. The van der Waals surface area contributed by atoms with Crippen LogP contribution in [0.25, 0.3) is 5.69 Å². The molecule has 0 amide bonds. The summed E-state index contributed by atoms with van der Waals surface area (Å²) in [7, 11) is 0. The van der Waals surface area contributed by atoms with Gasteiger partial charge in [0.15, 0.2) is 0 Å². The van der Waals surface area contributed by atoms with Gasteiger partial charge in [0, 0.05) is 16.2 Å². The number of rotatable bonds is 3. The Morgan fingerprint density at radius 1 is 1.38 bits per heavy atom. The van der Waals surface area contributed by atoms with Crippen molar-refractivity contribution in [3.63, 3.8) is 0 Å². The van der Waals surface area contributed by atoms with Crippen LogP contribution in [0.3, 0.4) is 0 Å². The van der Waals surface area contributed by atoms with Gasteiger partial charge in [0.05, 0.1) is 11.9 Å². The van der Waals surface area contributed by atoms with Gasteiger partial charge in [0.25, 0.3) is 0 Å². The van der Waals surface area contributed by atoms with Gasteiger partial charge in [0.2, 0.25) is 0 Å². The van der Waals surface area contributed by atoms with Gasteiger partial charge < -0.3 is 0 Å². The van der Waals surface area contributed by atoms with Crippen molar-refractivity contribution < 1.29 is 4.39 Å². The van der Waals surface area contributed by atoms with Crippen LogP contribution in [0.2, 0.25) is 0 Å². The van der Waals surface area contributed by atoms with E-state index in [0.717, 1.165) is 17.4 Å². The number of benzene rings is 1. The lowest BCUT2D eigenvalue weighted by molar-refractivity contribution is 0.606. The minimum absolute atomic E-state index is 0.329. The summed E-state index contributed by atoms with van der Waals surface area (Å²) in [6, 6.07) is 4.83. The highest BCUT2D eigenvalue weighted by Crippen LogP contribution is 2.18. The van der Waals surface area contributed by atoms with Crippen molar-refractivity contribution in [2.24, 2.45) is 0 Å². The Morgan fingerprint density at radius 3 is 2.88 bits per heavy atom. The molecule has 0 atom stereocenters. The van der Waals surface area contributed by atoms with E-state index in [4.69, 9.17) is 0 Å². The summed E-state index contributed by atoms with van der Waals surface area (Å²) in [5.41, 5.74) is 1.23. The van der Waals surface area contributed by atoms with Crippen LogP contribution in [0.4, 0.5) is 4.39 Å². The van der Waals surface area contributed by atoms with Crippen LogP contribution >= 0.6 is 31.9 Å². The number of nitrogens with zero attached hydrogens (tertiary/aromatic N) is 3. The monoisotopic (exact) mass is 347 g/mol. The fourth-order valence-corrected chi connectivity index (χ4v) is 2.03. The normalized spacial score (nSPS) is 10.7. The average Bonchev–Trinajstić information content (AvgIpc) is 2.67. The van der Waals surface area contributed by atoms with Gasteiger partial charge >= 0.3 is 0 Å². The minimum Gasteiger partial charge on any atom is -0.217 e. The van der Waals surface area contributed by atoms with Crippen LogP contribution in [-0.4, -0.2) is 20.3 Å². The van der Waals surface area contributed by atoms with Crippen molar-refractivity contribution in [2.45, 2.75) is 6.42 Å². The molecule has 3 nitrogen and oxygen atoms in total. The molecule has 0 fully saturated rings. The summed E-state index contributed by atoms with van der Waals surface area (Å²) < 4.78 is 15.8. The first-order chi connectivity index (χ1) is 7.70. The first kappa shape index (κ1) is 11.7. The van der Waals surface area contributed by atoms with Gasteiger partial charge in [0.1, 0.15) is 11.5 Å². The molecule has 0 aliphatic rings. The van der Waals surface area contributed by atoms with Crippen LogP contribution < -0.4 is 0 Å². The second-order valence-electron chi connectivity index (χ2n) is 3.19. The molecule has 0 N–H and O–H groups in total. The number of halogens is 3. The number of aryl methyl sites for hydroxylation is 1. The predicted molar refractivity (Wildman–Crippen MR) is 66.5 cm³/mol. The van der Waals surface area contributed by atoms with Crippen molar-refractivity contribution in [2.75, 3.05) is 5.33 Å². The molecule has 1 aromatic carbocycles. The Balaban J connectivity index is 2.35. The SMILES string of the molecule is Fc1cc(Br)ccc1-n1cc(CCBr)nn1. The predicted octanol–water partition coefficient (Wildman–Crippen LogP) is 3.11. The number of alkyl halides is 1. The number of hydrogen-bond donors (Lipinski definition) is 0. The molecule has 0 saturated heterocycles. The van der Waals surface area contributed by atoms with E-state index in [1.807, 2.05) is 0 Å². The molecular formula is C10H8Br2FN3.